The molecule has 1 unspecified atom stereocenters. The molecule has 144 valence electrons. The Bertz CT molecular complexity index is 1020. The van der Waals surface area contributed by atoms with Crippen LogP contribution >= 0.6 is 0 Å². The van der Waals surface area contributed by atoms with Gasteiger partial charge in [-0.1, -0.05) is 17.3 Å². The molecular weight excluding hydrogens is 368 g/mol. The summed E-state index contributed by atoms with van der Waals surface area (Å²) < 4.78 is 38.5. The van der Waals surface area contributed by atoms with E-state index in [0.717, 1.165) is 18.2 Å². The molecule has 0 spiro atoms. The van der Waals surface area contributed by atoms with Crippen LogP contribution in [0, 0.1) is 11.6 Å². The number of hydrogen-bond donors (Lipinski definition) is 0. The monoisotopic (exact) mass is 385 g/mol. The third-order valence-electron chi connectivity index (χ3n) is 4.55. The molecule has 2 aromatic carbocycles. The zero-order valence-electron chi connectivity index (χ0n) is 15.1. The van der Waals surface area contributed by atoms with Crippen molar-refractivity contribution in [3.8, 4) is 17.2 Å². The first-order valence-corrected chi connectivity index (χ1v) is 8.88. The Hall–Kier alpha value is -3.29. The van der Waals surface area contributed by atoms with Crippen LogP contribution in [0.25, 0.3) is 11.5 Å². The quantitative estimate of drug-likeness (QED) is 0.666. The van der Waals surface area contributed by atoms with Gasteiger partial charge < -0.3 is 14.2 Å². The lowest BCUT2D eigenvalue weighted by Gasteiger charge is -2.16. The molecule has 0 radical (unpaired) electrons. The Labute approximate surface area is 159 Å². The molecule has 1 saturated heterocycles. The SMILES string of the molecule is CCOc1ccccc1-c1nc(C2CC(=O)N(c3cc(F)ccc3F)C2)no1. The average molecular weight is 385 g/mol. The van der Waals surface area contributed by atoms with Crippen molar-refractivity contribution < 1.29 is 22.8 Å². The largest absolute Gasteiger partial charge is 0.493 e. The van der Waals surface area contributed by atoms with Gasteiger partial charge in [-0.05, 0) is 31.2 Å². The highest BCUT2D eigenvalue weighted by Gasteiger charge is 2.36. The van der Waals surface area contributed by atoms with E-state index < -0.39 is 11.6 Å². The molecule has 1 atom stereocenters. The highest BCUT2D eigenvalue weighted by Crippen LogP contribution is 2.34. The standard InChI is InChI=1S/C20H17F2N3O3/c1-2-27-17-6-4-3-5-14(17)20-23-19(24-28-20)12-9-18(26)25(11-12)16-10-13(21)7-8-15(16)22/h3-8,10,12H,2,9,11H2,1H3. The van der Waals surface area contributed by atoms with E-state index in [0.29, 0.717) is 23.7 Å². The lowest BCUT2D eigenvalue weighted by atomic mass is 10.1. The Balaban J connectivity index is 1.59. The highest BCUT2D eigenvalue weighted by atomic mass is 19.1. The van der Waals surface area contributed by atoms with Gasteiger partial charge in [-0.15, -0.1) is 0 Å². The van der Waals surface area contributed by atoms with Crippen molar-refractivity contribution in [3.05, 3.63) is 59.9 Å². The van der Waals surface area contributed by atoms with E-state index in [2.05, 4.69) is 10.1 Å². The van der Waals surface area contributed by atoms with Gasteiger partial charge in [0.2, 0.25) is 5.91 Å². The zero-order valence-corrected chi connectivity index (χ0v) is 15.1. The summed E-state index contributed by atoms with van der Waals surface area (Å²) in [5.41, 5.74) is 0.568. The zero-order chi connectivity index (χ0) is 19.7. The summed E-state index contributed by atoms with van der Waals surface area (Å²) in [6.45, 7) is 2.51. The minimum atomic E-state index is -0.658. The maximum Gasteiger partial charge on any atom is 0.261 e. The van der Waals surface area contributed by atoms with E-state index in [1.807, 2.05) is 19.1 Å². The highest BCUT2D eigenvalue weighted by molar-refractivity contribution is 5.96. The van der Waals surface area contributed by atoms with Gasteiger partial charge in [-0.3, -0.25) is 4.79 Å². The summed E-state index contributed by atoms with van der Waals surface area (Å²) in [7, 11) is 0. The number of aromatic nitrogens is 2. The summed E-state index contributed by atoms with van der Waals surface area (Å²) in [5, 5.41) is 3.99. The fraction of sp³-hybridized carbons (Fsp3) is 0.250. The van der Waals surface area contributed by atoms with Crippen LogP contribution in [0.3, 0.4) is 0 Å². The molecule has 2 heterocycles. The fourth-order valence-electron chi connectivity index (χ4n) is 3.24. The third kappa shape index (κ3) is 3.33. The minimum absolute atomic E-state index is 0.0853. The van der Waals surface area contributed by atoms with E-state index in [1.54, 1.807) is 12.1 Å². The number of benzene rings is 2. The van der Waals surface area contributed by atoms with Gasteiger partial charge in [0.15, 0.2) is 5.82 Å². The Kier molecular flexibility index (Phi) is 4.77. The van der Waals surface area contributed by atoms with Crippen molar-refractivity contribution >= 4 is 11.6 Å². The molecule has 0 saturated carbocycles. The van der Waals surface area contributed by atoms with E-state index in [1.165, 1.54) is 4.90 Å². The van der Waals surface area contributed by atoms with Crippen LogP contribution < -0.4 is 9.64 Å². The number of ether oxygens (including phenoxy) is 1. The molecule has 1 fully saturated rings. The first-order valence-electron chi connectivity index (χ1n) is 8.88. The first-order chi connectivity index (χ1) is 13.6. The minimum Gasteiger partial charge on any atom is -0.493 e. The second-order valence-electron chi connectivity index (χ2n) is 6.39. The van der Waals surface area contributed by atoms with Crippen molar-refractivity contribution in [1.29, 1.82) is 0 Å². The molecule has 0 bridgehead atoms. The van der Waals surface area contributed by atoms with E-state index in [-0.39, 0.29) is 36.4 Å². The number of nitrogens with zero attached hydrogens (tertiary/aromatic N) is 3. The van der Waals surface area contributed by atoms with E-state index in [9.17, 15) is 13.6 Å². The van der Waals surface area contributed by atoms with Crippen molar-refractivity contribution in [2.24, 2.45) is 0 Å². The molecule has 0 aliphatic carbocycles. The van der Waals surface area contributed by atoms with Crippen LogP contribution in [0.5, 0.6) is 5.75 Å². The van der Waals surface area contributed by atoms with Gasteiger partial charge in [-0.2, -0.15) is 4.98 Å². The lowest BCUT2D eigenvalue weighted by molar-refractivity contribution is -0.117. The summed E-state index contributed by atoms with van der Waals surface area (Å²) in [6, 6.07) is 10.3. The molecule has 0 N–H and O–H groups in total. The van der Waals surface area contributed by atoms with Gasteiger partial charge in [-0.25, -0.2) is 8.78 Å². The lowest BCUT2D eigenvalue weighted by Crippen LogP contribution is -2.25. The molecule has 1 aliphatic rings. The predicted octanol–water partition coefficient (Wildman–Crippen LogP) is 3.93. The summed E-state index contributed by atoms with van der Waals surface area (Å²) in [6.07, 6.45) is 0.0854. The third-order valence-corrected chi connectivity index (χ3v) is 4.55. The first kappa shape index (κ1) is 18.1. The van der Waals surface area contributed by atoms with Crippen LogP contribution in [0.15, 0.2) is 47.0 Å². The topological polar surface area (TPSA) is 68.5 Å². The Morgan fingerprint density at radius 2 is 2.07 bits per heavy atom. The van der Waals surface area contributed by atoms with Gasteiger partial charge in [0.1, 0.15) is 17.4 Å². The number of anilines is 1. The average Bonchev–Trinajstić information content (AvgIpc) is 3.31. The molecule has 1 aromatic heterocycles. The maximum atomic E-state index is 14.0. The second kappa shape index (κ2) is 7.38. The number of halogens is 2. The molecule has 8 heteroatoms. The molecule has 4 rings (SSSR count). The molecule has 3 aromatic rings. The van der Waals surface area contributed by atoms with Crippen molar-refractivity contribution in [3.63, 3.8) is 0 Å². The number of para-hydroxylation sites is 1. The number of carbonyl (C=O) groups excluding carboxylic acids is 1. The van der Waals surface area contributed by atoms with E-state index in [4.69, 9.17) is 9.26 Å². The molecular formula is C20H17F2N3O3. The second-order valence-corrected chi connectivity index (χ2v) is 6.39. The number of rotatable bonds is 5. The van der Waals surface area contributed by atoms with Crippen molar-refractivity contribution in [2.45, 2.75) is 19.3 Å². The Morgan fingerprint density at radius 3 is 2.89 bits per heavy atom. The van der Waals surface area contributed by atoms with Gasteiger partial charge in [0, 0.05) is 24.9 Å². The molecule has 6 nitrogen and oxygen atoms in total. The summed E-state index contributed by atoms with van der Waals surface area (Å²) >= 11 is 0. The van der Waals surface area contributed by atoms with Crippen molar-refractivity contribution in [1.82, 2.24) is 10.1 Å². The van der Waals surface area contributed by atoms with E-state index >= 15 is 0 Å². The van der Waals surface area contributed by atoms with Crippen LogP contribution in [0.2, 0.25) is 0 Å². The van der Waals surface area contributed by atoms with Gasteiger partial charge in [0.05, 0.1) is 17.9 Å². The van der Waals surface area contributed by atoms with Crippen LogP contribution in [0.4, 0.5) is 14.5 Å². The van der Waals surface area contributed by atoms with Crippen LogP contribution in [0.1, 0.15) is 25.1 Å². The predicted molar refractivity (Wildman–Crippen MR) is 97.0 cm³/mol. The van der Waals surface area contributed by atoms with Crippen LogP contribution in [-0.2, 0) is 4.79 Å². The molecule has 1 amide bonds. The fourth-order valence-corrected chi connectivity index (χ4v) is 3.24. The summed E-state index contributed by atoms with van der Waals surface area (Å²) in [5.74, 6) is -0.735. The number of carbonyl (C=O) groups is 1. The van der Waals surface area contributed by atoms with Crippen LogP contribution in [-0.4, -0.2) is 29.2 Å². The van der Waals surface area contributed by atoms with Crippen molar-refractivity contribution in [2.75, 3.05) is 18.1 Å². The van der Waals surface area contributed by atoms with Gasteiger partial charge >= 0.3 is 0 Å². The molecule has 1 aliphatic heterocycles. The maximum absolute atomic E-state index is 14.0. The van der Waals surface area contributed by atoms with Gasteiger partial charge in [0.25, 0.3) is 5.89 Å². The normalized spacial score (nSPS) is 16.6. The molecule has 28 heavy (non-hydrogen) atoms. The Morgan fingerprint density at radius 1 is 1.25 bits per heavy atom. The summed E-state index contributed by atoms with van der Waals surface area (Å²) in [4.78, 5) is 18.0. The number of amides is 1. The smallest absolute Gasteiger partial charge is 0.261 e. The number of hydrogen-bond acceptors (Lipinski definition) is 5.